The molecule has 90 valence electrons. The van der Waals surface area contributed by atoms with E-state index in [0.29, 0.717) is 0 Å². The van der Waals surface area contributed by atoms with Crippen molar-refractivity contribution in [3.8, 4) is 12.3 Å². The number of rotatable bonds is 3. The van der Waals surface area contributed by atoms with Crippen LogP contribution in [0.1, 0.15) is 5.69 Å². The molecule has 1 aromatic rings. The fourth-order valence-corrected chi connectivity index (χ4v) is 1.25. The normalized spacial score (nSPS) is 9.47. The van der Waals surface area contributed by atoms with E-state index in [4.69, 9.17) is 6.42 Å². The quantitative estimate of drug-likeness (QED) is 0.477. The Morgan fingerprint density at radius 2 is 2.41 bits per heavy atom. The molecule has 17 heavy (non-hydrogen) atoms. The van der Waals surface area contributed by atoms with Crippen molar-refractivity contribution in [2.24, 2.45) is 7.05 Å². The highest BCUT2D eigenvalue weighted by Crippen LogP contribution is 2.27. The predicted molar refractivity (Wildman–Crippen MR) is 58.4 cm³/mol. The van der Waals surface area contributed by atoms with E-state index >= 15 is 0 Å². The molecule has 0 bridgehead atoms. The molecule has 0 saturated heterocycles. The van der Waals surface area contributed by atoms with Crippen LogP contribution in [0.25, 0.3) is 0 Å². The van der Waals surface area contributed by atoms with Gasteiger partial charge >= 0.3 is 11.8 Å². The molecule has 1 aromatic heterocycles. The summed E-state index contributed by atoms with van der Waals surface area (Å²) in [7, 11) is 1.47. The second kappa shape index (κ2) is 4.98. The zero-order valence-corrected chi connectivity index (χ0v) is 9.26. The van der Waals surface area contributed by atoms with Crippen molar-refractivity contribution in [2.45, 2.75) is 6.92 Å². The number of anilines is 1. The lowest BCUT2D eigenvalue weighted by Crippen LogP contribution is -2.16. The number of carbonyl (C=O) groups is 1. The second-order valence-electron chi connectivity index (χ2n) is 3.07. The van der Waals surface area contributed by atoms with Gasteiger partial charge in [0.05, 0.1) is 4.92 Å². The van der Waals surface area contributed by atoms with E-state index in [1.807, 2.05) is 0 Å². The number of ether oxygens (including phenoxy) is 1. The first-order valence-corrected chi connectivity index (χ1v) is 4.52. The average molecular weight is 238 g/mol. The largest absolute Gasteiger partial charge is 0.436 e. The van der Waals surface area contributed by atoms with Crippen molar-refractivity contribution in [1.82, 2.24) is 9.78 Å². The number of aromatic nitrogens is 2. The molecule has 0 unspecified atom stereocenters. The summed E-state index contributed by atoms with van der Waals surface area (Å²) >= 11 is 0. The standard InChI is InChI=1S/C9H10N4O4/c1-4-5-17-9(14)10-8-7(13(15)16)6(2)11-12(8)3/h1H,5H2,2-3H3,(H,10,14). The summed E-state index contributed by atoms with van der Waals surface area (Å²) in [4.78, 5) is 21.4. The average Bonchev–Trinajstić information content (AvgIpc) is 2.51. The maximum absolute atomic E-state index is 11.2. The van der Waals surface area contributed by atoms with Crippen molar-refractivity contribution in [3.05, 3.63) is 15.8 Å². The Balaban J connectivity index is 2.95. The summed E-state index contributed by atoms with van der Waals surface area (Å²) in [5, 5.41) is 16.8. The smallest absolute Gasteiger partial charge is 0.413 e. The van der Waals surface area contributed by atoms with Gasteiger partial charge in [0.25, 0.3) is 0 Å². The van der Waals surface area contributed by atoms with Gasteiger partial charge in [-0.15, -0.1) is 6.42 Å². The molecule has 0 radical (unpaired) electrons. The van der Waals surface area contributed by atoms with E-state index in [2.05, 4.69) is 21.1 Å². The fourth-order valence-electron chi connectivity index (χ4n) is 1.25. The van der Waals surface area contributed by atoms with Crippen LogP contribution < -0.4 is 5.32 Å². The third-order valence-electron chi connectivity index (χ3n) is 1.88. The summed E-state index contributed by atoms with van der Waals surface area (Å²) < 4.78 is 5.73. The first kappa shape index (κ1) is 12.5. The summed E-state index contributed by atoms with van der Waals surface area (Å²) in [6.45, 7) is 1.26. The molecular weight excluding hydrogens is 228 g/mol. The Morgan fingerprint density at radius 1 is 1.76 bits per heavy atom. The van der Waals surface area contributed by atoms with Gasteiger partial charge in [-0.3, -0.25) is 15.4 Å². The number of terminal acetylenes is 1. The molecular formula is C9H10N4O4. The van der Waals surface area contributed by atoms with Crippen LogP contribution in [0.3, 0.4) is 0 Å². The molecule has 1 rings (SSSR count). The number of hydrogen-bond acceptors (Lipinski definition) is 5. The monoisotopic (exact) mass is 238 g/mol. The molecule has 0 aliphatic rings. The molecule has 0 aliphatic heterocycles. The highest BCUT2D eigenvalue weighted by atomic mass is 16.6. The van der Waals surface area contributed by atoms with Gasteiger partial charge in [-0.1, -0.05) is 5.92 Å². The molecule has 8 heteroatoms. The zero-order valence-electron chi connectivity index (χ0n) is 9.26. The Kier molecular flexibility index (Phi) is 3.66. The maximum Gasteiger partial charge on any atom is 0.413 e. The maximum atomic E-state index is 11.2. The Hall–Kier alpha value is -2.56. The van der Waals surface area contributed by atoms with Crippen LogP contribution in [0.2, 0.25) is 0 Å². The van der Waals surface area contributed by atoms with Crippen LogP contribution in [-0.2, 0) is 11.8 Å². The number of nitro groups is 1. The Bertz CT molecular complexity index is 500. The van der Waals surface area contributed by atoms with Crippen LogP contribution in [0.5, 0.6) is 0 Å². The molecule has 0 fully saturated rings. The minimum Gasteiger partial charge on any atom is -0.436 e. The first-order valence-electron chi connectivity index (χ1n) is 4.52. The zero-order chi connectivity index (χ0) is 13.0. The van der Waals surface area contributed by atoms with Gasteiger partial charge in [0.2, 0.25) is 5.82 Å². The molecule has 0 saturated carbocycles. The lowest BCUT2D eigenvalue weighted by molar-refractivity contribution is -0.384. The number of nitrogens with one attached hydrogen (secondary N) is 1. The van der Waals surface area contributed by atoms with Crippen LogP contribution in [0.15, 0.2) is 0 Å². The van der Waals surface area contributed by atoms with Gasteiger partial charge in [0.1, 0.15) is 5.69 Å². The van der Waals surface area contributed by atoms with E-state index in [1.165, 1.54) is 18.7 Å². The van der Waals surface area contributed by atoms with Gasteiger partial charge in [0, 0.05) is 7.05 Å². The summed E-state index contributed by atoms with van der Waals surface area (Å²) in [5.41, 5.74) is -0.0742. The fraction of sp³-hybridized carbons (Fsp3) is 0.333. The number of carbonyl (C=O) groups excluding carboxylic acids is 1. The SMILES string of the molecule is C#CCOC(=O)Nc1c([N+](=O)[O-])c(C)nn1C. The first-order chi connectivity index (χ1) is 7.97. The number of nitrogens with zero attached hydrogens (tertiary/aromatic N) is 3. The van der Waals surface area contributed by atoms with E-state index in [9.17, 15) is 14.9 Å². The number of amides is 1. The molecule has 1 N–H and O–H groups in total. The number of aryl methyl sites for hydroxylation is 2. The summed E-state index contributed by atoms with van der Waals surface area (Å²) in [6, 6.07) is 0. The summed E-state index contributed by atoms with van der Waals surface area (Å²) in [6.07, 6.45) is 4.03. The predicted octanol–water partition coefficient (Wildman–Crippen LogP) is 0.818. The van der Waals surface area contributed by atoms with Crippen molar-refractivity contribution >= 4 is 17.6 Å². The molecule has 1 amide bonds. The van der Waals surface area contributed by atoms with Crippen molar-refractivity contribution < 1.29 is 14.5 Å². The second-order valence-corrected chi connectivity index (χ2v) is 3.07. The highest BCUT2D eigenvalue weighted by Gasteiger charge is 2.25. The summed E-state index contributed by atoms with van der Waals surface area (Å²) in [5.74, 6) is 2.06. The number of hydrogen-bond donors (Lipinski definition) is 1. The van der Waals surface area contributed by atoms with Gasteiger partial charge in [0.15, 0.2) is 6.61 Å². The van der Waals surface area contributed by atoms with Gasteiger partial charge in [-0.05, 0) is 6.92 Å². The van der Waals surface area contributed by atoms with Crippen molar-refractivity contribution in [3.63, 3.8) is 0 Å². The van der Waals surface area contributed by atoms with Gasteiger partial charge in [-0.2, -0.15) is 5.10 Å². The molecule has 0 spiro atoms. The molecule has 0 atom stereocenters. The Labute approximate surface area is 96.7 Å². The van der Waals surface area contributed by atoms with Gasteiger partial charge in [-0.25, -0.2) is 9.48 Å². The minimum absolute atomic E-state index is 0.0467. The third-order valence-corrected chi connectivity index (χ3v) is 1.88. The van der Waals surface area contributed by atoms with E-state index in [-0.39, 0.29) is 23.8 Å². The van der Waals surface area contributed by atoms with Crippen molar-refractivity contribution in [1.29, 1.82) is 0 Å². The topological polar surface area (TPSA) is 99.3 Å². The van der Waals surface area contributed by atoms with Crippen LogP contribution in [0, 0.1) is 29.4 Å². The van der Waals surface area contributed by atoms with E-state index in [0.717, 1.165) is 0 Å². The minimum atomic E-state index is -0.867. The highest BCUT2D eigenvalue weighted by molar-refractivity contribution is 5.86. The van der Waals surface area contributed by atoms with Gasteiger partial charge < -0.3 is 4.74 Å². The van der Waals surface area contributed by atoms with Crippen LogP contribution in [0.4, 0.5) is 16.3 Å². The lowest BCUT2D eigenvalue weighted by Gasteiger charge is -2.03. The van der Waals surface area contributed by atoms with Crippen molar-refractivity contribution in [2.75, 3.05) is 11.9 Å². The van der Waals surface area contributed by atoms with Crippen LogP contribution >= 0.6 is 0 Å². The van der Waals surface area contributed by atoms with E-state index in [1.54, 1.807) is 0 Å². The molecule has 8 nitrogen and oxygen atoms in total. The molecule has 0 aliphatic carbocycles. The van der Waals surface area contributed by atoms with E-state index < -0.39 is 11.0 Å². The molecule has 0 aromatic carbocycles. The molecule has 1 heterocycles. The van der Waals surface area contributed by atoms with Crippen LogP contribution in [-0.4, -0.2) is 27.4 Å². The Morgan fingerprint density at radius 3 is 2.94 bits per heavy atom. The third kappa shape index (κ3) is 2.72. The lowest BCUT2D eigenvalue weighted by atomic mass is 10.4.